The minimum Gasteiger partial charge on any atom is -0.339 e. The number of carbonyl (C=O) groups excluding carboxylic acids is 1. The SMILES string of the molecule is C=CC(=O)N1CC[C@@H](c2cnc(C3CCC(F)(F)CC3)cc2-c2ccn(C)n2)C1. The lowest BCUT2D eigenvalue weighted by Crippen LogP contribution is -2.26. The number of aromatic nitrogens is 3. The molecule has 0 bridgehead atoms. The van der Waals surface area contributed by atoms with Crippen LogP contribution >= 0.6 is 0 Å². The molecule has 2 fully saturated rings. The molecule has 1 atom stereocenters. The van der Waals surface area contributed by atoms with Crippen LogP contribution in [0, 0.1) is 0 Å². The van der Waals surface area contributed by atoms with E-state index in [-0.39, 0.29) is 30.6 Å². The molecule has 5 nitrogen and oxygen atoms in total. The molecule has 7 heteroatoms. The molecule has 2 aromatic heterocycles. The van der Waals surface area contributed by atoms with Crippen molar-refractivity contribution in [3.63, 3.8) is 0 Å². The predicted molar refractivity (Wildman–Crippen MR) is 107 cm³/mol. The van der Waals surface area contributed by atoms with Gasteiger partial charge in [0.25, 0.3) is 0 Å². The number of hydrogen-bond donors (Lipinski definition) is 0. The first-order chi connectivity index (χ1) is 13.9. The molecular weight excluding hydrogens is 374 g/mol. The van der Waals surface area contributed by atoms with Crippen LogP contribution in [0.1, 0.15) is 55.2 Å². The van der Waals surface area contributed by atoms with Gasteiger partial charge in [0.05, 0.1) is 5.69 Å². The van der Waals surface area contributed by atoms with Gasteiger partial charge >= 0.3 is 0 Å². The van der Waals surface area contributed by atoms with Gasteiger partial charge in [-0.1, -0.05) is 6.58 Å². The van der Waals surface area contributed by atoms with Gasteiger partial charge in [-0.2, -0.15) is 5.10 Å². The van der Waals surface area contributed by atoms with E-state index in [0.717, 1.165) is 28.9 Å². The zero-order valence-electron chi connectivity index (χ0n) is 16.7. The Morgan fingerprint density at radius 1 is 1.28 bits per heavy atom. The molecule has 0 N–H and O–H groups in total. The summed E-state index contributed by atoms with van der Waals surface area (Å²) >= 11 is 0. The highest BCUT2D eigenvalue weighted by molar-refractivity contribution is 5.87. The van der Waals surface area contributed by atoms with Crippen molar-refractivity contribution in [3.8, 4) is 11.3 Å². The molecule has 1 saturated carbocycles. The topological polar surface area (TPSA) is 51.0 Å². The molecule has 29 heavy (non-hydrogen) atoms. The van der Waals surface area contributed by atoms with Crippen LogP contribution in [0.4, 0.5) is 8.78 Å². The lowest BCUT2D eigenvalue weighted by atomic mass is 9.83. The molecule has 0 unspecified atom stereocenters. The maximum absolute atomic E-state index is 13.6. The minimum atomic E-state index is -2.55. The first kappa shape index (κ1) is 19.7. The van der Waals surface area contributed by atoms with E-state index in [4.69, 9.17) is 0 Å². The smallest absolute Gasteiger partial charge is 0.248 e. The van der Waals surface area contributed by atoms with E-state index >= 15 is 0 Å². The summed E-state index contributed by atoms with van der Waals surface area (Å²) in [5, 5.41) is 4.56. The summed E-state index contributed by atoms with van der Waals surface area (Å²) < 4.78 is 28.9. The summed E-state index contributed by atoms with van der Waals surface area (Å²) in [6, 6.07) is 3.99. The monoisotopic (exact) mass is 400 g/mol. The maximum Gasteiger partial charge on any atom is 0.248 e. The van der Waals surface area contributed by atoms with Gasteiger partial charge in [0, 0.05) is 68.5 Å². The molecule has 2 aromatic rings. The summed E-state index contributed by atoms with van der Waals surface area (Å²) in [6.45, 7) is 4.89. The van der Waals surface area contributed by atoms with Crippen LogP contribution in [0.3, 0.4) is 0 Å². The molecule has 4 rings (SSSR count). The fraction of sp³-hybridized carbons (Fsp3) is 0.500. The Balaban J connectivity index is 1.65. The highest BCUT2D eigenvalue weighted by Gasteiger charge is 2.36. The molecule has 1 aliphatic heterocycles. The predicted octanol–water partition coefficient (Wildman–Crippen LogP) is 4.28. The van der Waals surface area contributed by atoms with Gasteiger partial charge in [0.1, 0.15) is 0 Å². The van der Waals surface area contributed by atoms with Crippen LogP contribution in [-0.4, -0.2) is 44.6 Å². The summed E-state index contributed by atoms with van der Waals surface area (Å²) in [6.07, 6.45) is 6.71. The van der Waals surface area contributed by atoms with E-state index in [1.807, 2.05) is 31.6 Å². The molecule has 1 saturated heterocycles. The van der Waals surface area contributed by atoms with Gasteiger partial charge in [-0.15, -0.1) is 0 Å². The second-order valence-corrected chi connectivity index (χ2v) is 8.18. The molecular formula is C22H26F2N4O. The van der Waals surface area contributed by atoms with Gasteiger partial charge in [0.2, 0.25) is 11.8 Å². The van der Waals surface area contributed by atoms with E-state index in [9.17, 15) is 13.6 Å². The number of halogens is 2. The van der Waals surface area contributed by atoms with Crippen molar-refractivity contribution >= 4 is 5.91 Å². The summed E-state index contributed by atoms with van der Waals surface area (Å²) in [7, 11) is 1.87. The molecule has 0 spiro atoms. The summed E-state index contributed by atoms with van der Waals surface area (Å²) in [5.41, 5.74) is 3.77. The third kappa shape index (κ3) is 4.09. The number of amides is 1. The van der Waals surface area contributed by atoms with Crippen molar-refractivity contribution in [1.82, 2.24) is 19.7 Å². The number of hydrogen-bond acceptors (Lipinski definition) is 3. The number of likely N-dealkylation sites (tertiary alicyclic amines) is 1. The Hall–Kier alpha value is -2.57. The van der Waals surface area contributed by atoms with Crippen LogP contribution in [0.2, 0.25) is 0 Å². The van der Waals surface area contributed by atoms with E-state index in [1.54, 1.807) is 9.58 Å². The molecule has 1 amide bonds. The van der Waals surface area contributed by atoms with E-state index in [0.29, 0.717) is 25.9 Å². The van der Waals surface area contributed by atoms with Crippen LogP contribution in [0.5, 0.6) is 0 Å². The zero-order chi connectivity index (χ0) is 20.6. The number of pyridine rings is 1. The van der Waals surface area contributed by atoms with Gasteiger partial charge < -0.3 is 4.90 Å². The van der Waals surface area contributed by atoms with Gasteiger partial charge in [-0.05, 0) is 43.0 Å². The van der Waals surface area contributed by atoms with Gasteiger partial charge in [-0.25, -0.2) is 8.78 Å². The quantitative estimate of drug-likeness (QED) is 0.720. The molecule has 2 aliphatic rings. The average Bonchev–Trinajstić information content (AvgIpc) is 3.36. The Labute approximate surface area is 169 Å². The Morgan fingerprint density at radius 3 is 2.69 bits per heavy atom. The Morgan fingerprint density at radius 2 is 2.03 bits per heavy atom. The van der Waals surface area contributed by atoms with Crippen LogP contribution in [0.25, 0.3) is 11.3 Å². The Kier molecular flexibility index (Phi) is 5.23. The number of alkyl halides is 2. The fourth-order valence-electron chi connectivity index (χ4n) is 4.49. The number of rotatable bonds is 4. The average molecular weight is 400 g/mol. The highest BCUT2D eigenvalue weighted by atomic mass is 19.3. The van der Waals surface area contributed by atoms with Crippen LogP contribution < -0.4 is 0 Å². The summed E-state index contributed by atoms with van der Waals surface area (Å²) in [5.74, 6) is -2.38. The van der Waals surface area contributed by atoms with Crippen molar-refractivity contribution in [1.29, 1.82) is 0 Å². The largest absolute Gasteiger partial charge is 0.339 e. The molecule has 154 valence electrons. The van der Waals surface area contributed by atoms with Crippen LogP contribution in [0.15, 0.2) is 37.2 Å². The molecule has 0 aromatic carbocycles. The number of nitrogens with zero attached hydrogens (tertiary/aromatic N) is 4. The minimum absolute atomic E-state index is 0.0496. The van der Waals surface area contributed by atoms with Gasteiger partial charge in [0.15, 0.2) is 0 Å². The zero-order valence-corrected chi connectivity index (χ0v) is 16.7. The fourth-order valence-corrected chi connectivity index (χ4v) is 4.49. The van der Waals surface area contributed by atoms with Crippen molar-refractivity contribution in [3.05, 3.63) is 48.4 Å². The molecule has 3 heterocycles. The number of aryl methyl sites for hydroxylation is 1. The number of carbonyl (C=O) groups is 1. The highest BCUT2D eigenvalue weighted by Crippen LogP contribution is 2.42. The summed E-state index contributed by atoms with van der Waals surface area (Å²) in [4.78, 5) is 18.5. The molecule has 1 aliphatic carbocycles. The Bertz CT molecular complexity index is 913. The maximum atomic E-state index is 13.6. The third-order valence-corrected chi connectivity index (χ3v) is 6.20. The van der Waals surface area contributed by atoms with E-state index in [1.165, 1.54) is 6.08 Å². The lowest BCUT2D eigenvalue weighted by Gasteiger charge is -2.28. The van der Waals surface area contributed by atoms with Gasteiger partial charge in [-0.3, -0.25) is 14.5 Å². The van der Waals surface area contributed by atoms with Crippen molar-refractivity contribution in [2.45, 2.75) is 49.9 Å². The van der Waals surface area contributed by atoms with Crippen LogP contribution in [-0.2, 0) is 11.8 Å². The second-order valence-electron chi connectivity index (χ2n) is 8.18. The normalized spacial score (nSPS) is 22.0. The van der Waals surface area contributed by atoms with Crippen molar-refractivity contribution in [2.24, 2.45) is 7.05 Å². The first-order valence-corrected chi connectivity index (χ1v) is 10.2. The lowest BCUT2D eigenvalue weighted by molar-refractivity contribution is -0.125. The molecule has 0 radical (unpaired) electrons. The van der Waals surface area contributed by atoms with E-state index in [2.05, 4.69) is 16.7 Å². The first-order valence-electron chi connectivity index (χ1n) is 10.2. The van der Waals surface area contributed by atoms with Crippen molar-refractivity contribution < 1.29 is 13.6 Å². The third-order valence-electron chi connectivity index (χ3n) is 6.20. The van der Waals surface area contributed by atoms with Crippen molar-refractivity contribution in [2.75, 3.05) is 13.1 Å². The second kappa shape index (κ2) is 7.69. The van der Waals surface area contributed by atoms with E-state index < -0.39 is 5.92 Å². The standard InChI is InChI=1S/C22H26F2N4O/c1-3-21(29)28-11-6-16(14-28)18-13-25-20(15-4-8-22(23,24)9-5-15)12-17(18)19-7-10-27(2)26-19/h3,7,10,12-13,15-16H,1,4-6,8-9,11,14H2,2H3/t16-/m1/s1.